The Morgan fingerprint density at radius 3 is 3.00 bits per heavy atom. The van der Waals surface area contributed by atoms with Crippen LogP contribution in [-0.2, 0) is 11.3 Å². The molecule has 2 aliphatic rings. The van der Waals surface area contributed by atoms with Gasteiger partial charge in [-0.25, -0.2) is 4.98 Å². The summed E-state index contributed by atoms with van der Waals surface area (Å²) in [7, 11) is 0. The summed E-state index contributed by atoms with van der Waals surface area (Å²) in [6, 6.07) is 4.02. The van der Waals surface area contributed by atoms with Crippen LogP contribution in [-0.4, -0.2) is 35.2 Å². The summed E-state index contributed by atoms with van der Waals surface area (Å²) in [6.07, 6.45) is 5.16. The molecule has 2 fully saturated rings. The van der Waals surface area contributed by atoms with Gasteiger partial charge in [-0.2, -0.15) is 0 Å². The van der Waals surface area contributed by atoms with Crippen molar-refractivity contribution in [3.63, 3.8) is 0 Å². The van der Waals surface area contributed by atoms with Crippen molar-refractivity contribution in [1.82, 2.24) is 9.88 Å². The number of nitrogens with two attached hydrogens (primary N) is 1. The van der Waals surface area contributed by atoms with E-state index in [4.69, 9.17) is 10.5 Å². The third kappa shape index (κ3) is 2.65. The number of hydrogen-bond acceptors (Lipinski definition) is 4. The van der Waals surface area contributed by atoms with Gasteiger partial charge in [0.05, 0.1) is 12.2 Å². The lowest BCUT2D eigenvalue weighted by Gasteiger charge is -2.37. The monoisotopic (exact) mass is 247 g/mol. The van der Waals surface area contributed by atoms with Gasteiger partial charge in [-0.3, -0.25) is 4.90 Å². The first-order valence-electron chi connectivity index (χ1n) is 6.79. The fraction of sp³-hybridized carbons (Fsp3) is 0.643. The van der Waals surface area contributed by atoms with Crippen LogP contribution in [0, 0.1) is 5.92 Å². The van der Waals surface area contributed by atoms with E-state index in [1.165, 1.54) is 12.8 Å². The Morgan fingerprint density at radius 1 is 1.44 bits per heavy atom. The van der Waals surface area contributed by atoms with E-state index in [0.29, 0.717) is 18.0 Å². The molecule has 1 saturated carbocycles. The van der Waals surface area contributed by atoms with Crippen molar-refractivity contribution in [2.45, 2.75) is 38.5 Å². The molecule has 3 rings (SSSR count). The standard InChI is InChI=1S/C14H21N3O/c1-10-7-17(9-13(18-10)11-4-5-11)8-12-3-2-6-16-14(12)15/h2-3,6,10-11,13H,4-5,7-9H2,1H3,(H2,15,16). The maximum absolute atomic E-state index is 6.02. The summed E-state index contributed by atoms with van der Waals surface area (Å²) in [5.74, 6) is 1.45. The average molecular weight is 247 g/mol. The molecule has 0 spiro atoms. The second kappa shape index (κ2) is 4.86. The van der Waals surface area contributed by atoms with Crippen LogP contribution in [0.4, 0.5) is 5.82 Å². The topological polar surface area (TPSA) is 51.4 Å². The normalized spacial score (nSPS) is 29.4. The van der Waals surface area contributed by atoms with Crippen molar-refractivity contribution in [2.75, 3.05) is 18.8 Å². The maximum Gasteiger partial charge on any atom is 0.127 e. The molecule has 1 saturated heterocycles. The molecule has 1 aliphatic heterocycles. The van der Waals surface area contributed by atoms with Gasteiger partial charge in [-0.15, -0.1) is 0 Å². The third-order valence-electron chi connectivity index (χ3n) is 3.83. The van der Waals surface area contributed by atoms with E-state index in [0.717, 1.165) is 31.1 Å². The summed E-state index contributed by atoms with van der Waals surface area (Å²) in [4.78, 5) is 6.60. The van der Waals surface area contributed by atoms with Gasteiger partial charge in [0, 0.05) is 31.4 Å². The van der Waals surface area contributed by atoms with Gasteiger partial charge in [0.1, 0.15) is 5.82 Å². The second-order valence-electron chi connectivity index (χ2n) is 5.56. The van der Waals surface area contributed by atoms with Crippen LogP contribution in [0.2, 0.25) is 0 Å². The lowest BCUT2D eigenvalue weighted by Crippen LogP contribution is -2.47. The Kier molecular flexibility index (Phi) is 3.22. The number of aromatic nitrogens is 1. The minimum absolute atomic E-state index is 0.322. The summed E-state index contributed by atoms with van der Waals surface area (Å²) in [5, 5.41) is 0. The molecule has 2 unspecified atom stereocenters. The predicted octanol–water partition coefficient (Wildman–Crippen LogP) is 1.66. The molecule has 2 heterocycles. The van der Waals surface area contributed by atoms with Crippen molar-refractivity contribution in [2.24, 2.45) is 5.92 Å². The number of hydrogen-bond donors (Lipinski definition) is 1. The molecular weight excluding hydrogens is 226 g/mol. The molecule has 2 N–H and O–H groups in total. The van der Waals surface area contributed by atoms with Crippen molar-refractivity contribution in [1.29, 1.82) is 0 Å². The van der Waals surface area contributed by atoms with E-state index >= 15 is 0 Å². The number of nitrogens with zero attached hydrogens (tertiary/aromatic N) is 2. The van der Waals surface area contributed by atoms with Gasteiger partial charge in [-0.05, 0) is 31.7 Å². The minimum atomic E-state index is 0.322. The molecule has 98 valence electrons. The van der Waals surface area contributed by atoms with E-state index < -0.39 is 0 Å². The Morgan fingerprint density at radius 2 is 2.28 bits per heavy atom. The molecule has 4 nitrogen and oxygen atoms in total. The second-order valence-corrected chi connectivity index (χ2v) is 5.56. The van der Waals surface area contributed by atoms with E-state index in [-0.39, 0.29) is 0 Å². The first-order valence-corrected chi connectivity index (χ1v) is 6.79. The molecule has 4 heteroatoms. The third-order valence-corrected chi connectivity index (χ3v) is 3.83. The maximum atomic E-state index is 6.02. The van der Waals surface area contributed by atoms with Crippen LogP contribution in [0.3, 0.4) is 0 Å². The number of pyridine rings is 1. The SMILES string of the molecule is CC1CN(Cc2cccnc2N)CC(C2CC2)O1. The van der Waals surface area contributed by atoms with Crippen molar-refractivity contribution in [3.8, 4) is 0 Å². The van der Waals surface area contributed by atoms with Crippen LogP contribution < -0.4 is 5.73 Å². The summed E-state index contributed by atoms with van der Waals surface area (Å²) < 4.78 is 6.02. The number of nitrogen functional groups attached to an aromatic ring is 1. The van der Waals surface area contributed by atoms with Crippen molar-refractivity contribution >= 4 is 5.82 Å². The molecule has 0 bridgehead atoms. The van der Waals surface area contributed by atoms with Crippen LogP contribution >= 0.6 is 0 Å². The molecular formula is C14H21N3O. The van der Waals surface area contributed by atoms with E-state index in [2.05, 4.69) is 22.9 Å². The zero-order valence-corrected chi connectivity index (χ0v) is 10.9. The summed E-state index contributed by atoms with van der Waals surface area (Å²) in [5.41, 5.74) is 7.04. The highest BCUT2D eigenvalue weighted by Crippen LogP contribution is 2.36. The number of anilines is 1. The van der Waals surface area contributed by atoms with Gasteiger partial charge in [-0.1, -0.05) is 6.07 Å². The number of ether oxygens (including phenoxy) is 1. The smallest absolute Gasteiger partial charge is 0.127 e. The van der Waals surface area contributed by atoms with Gasteiger partial charge >= 0.3 is 0 Å². The highest BCUT2D eigenvalue weighted by Gasteiger charge is 2.37. The predicted molar refractivity (Wildman–Crippen MR) is 71.0 cm³/mol. The van der Waals surface area contributed by atoms with E-state index in [9.17, 15) is 0 Å². The van der Waals surface area contributed by atoms with Gasteiger partial charge in [0.25, 0.3) is 0 Å². The Bertz CT molecular complexity index is 419. The van der Waals surface area contributed by atoms with E-state index in [1.54, 1.807) is 6.20 Å². The molecule has 0 amide bonds. The summed E-state index contributed by atoms with van der Waals surface area (Å²) in [6.45, 7) is 5.06. The zero-order chi connectivity index (χ0) is 12.5. The Balaban J connectivity index is 1.66. The minimum Gasteiger partial charge on any atom is -0.383 e. The van der Waals surface area contributed by atoms with Crippen LogP contribution in [0.1, 0.15) is 25.3 Å². The van der Waals surface area contributed by atoms with Crippen LogP contribution in [0.25, 0.3) is 0 Å². The first-order chi connectivity index (χ1) is 8.72. The zero-order valence-electron chi connectivity index (χ0n) is 10.9. The first kappa shape index (κ1) is 11.9. The molecule has 1 aliphatic carbocycles. The lowest BCUT2D eigenvalue weighted by atomic mass is 10.1. The molecule has 18 heavy (non-hydrogen) atoms. The lowest BCUT2D eigenvalue weighted by molar-refractivity contribution is -0.0881. The van der Waals surface area contributed by atoms with E-state index in [1.807, 2.05) is 6.07 Å². The number of rotatable bonds is 3. The highest BCUT2D eigenvalue weighted by molar-refractivity contribution is 5.38. The van der Waals surface area contributed by atoms with Crippen molar-refractivity contribution < 1.29 is 4.74 Å². The molecule has 2 atom stereocenters. The molecule has 0 radical (unpaired) electrons. The van der Waals surface area contributed by atoms with Gasteiger partial charge in [0.2, 0.25) is 0 Å². The molecule has 0 aromatic carbocycles. The fourth-order valence-electron chi connectivity index (χ4n) is 2.76. The largest absolute Gasteiger partial charge is 0.383 e. The average Bonchev–Trinajstić information content (AvgIpc) is 3.15. The van der Waals surface area contributed by atoms with Crippen LogP contribution in [0.15, 0.2) is 18.3 Å². The van der Waals surface area contributed by atoms with Gasteiger partial charge in [0.15, 0.2) is 0 Å². The van der Waals surface area contributed by atoms with Crippen LogP contribution in [0.5, 0.6) is 0 Å². The molecule has 1 aromatic heterocycles. The van der Waals surface area contributed by atoms with Gasteiger partial charge < -0.3 is 10.5 Å². The Hall–Kier alpha value is -1.13. The van der Waals surface area contributed by atoms with Crippen molar-refractivity contribution in [3.05, 3.63) is 23.9 Å². The fourth-order valence-corrected chi connectivity index (χ4v) is 2.76. The number of morpholine rings is 1. The Labute approximate surface area is 108 Å². The quantitative estimate of drug-likeness (QED) is 0.882. The highest BCUT2D eigenvalue weighted by atomic mass is 16.5. The summed E-state index contributed by atoms with van der Waals surface area (Å²) >= 11 is 0. The molecule has 1 aromatic rings.